The standard InChI is InChI=1S/C14H17NO3/c1-10(17)11-4-6-12(7-5-11)14(18)15-8-2-3-13(15)9-16/h4-7,13,16H,2-3,8-9H2,1H3/t13-/m1/s1. The smallest absolute Gasteiger partial charge is 0.254 e. The Morgan fingerprint density at radius 2 is 1.89 bits per heavy atom. The van der Waals surface area contributed by atoms with Crippen molar-refractivity contribution in [2.24, 2.45) is 0 Å². The average molecular weight is 247 g/mol. The van der Waals surface area contributed by atoms with Crippen LogP contribution in [0.2, 0.25) is 0 Å². The van der Waals surface area contributed by atoms with Gasteiger partial charge >= 0.3 is 0 Å². The third kappa shape index (κ3) is 2.43. The maximum atomic E-state index is 12.2. The number of nitrogens with zero attached hydrogens (tertiary/aromatic N) is 1. The summed E-state index contributed by atoms with van der Waals surface area (Å²) in [7, 11) is 0. The molecule has 96 valence electrons. The summed E-state index contributed by atoms with van der Waals surface area (Å²) in [6.07, 6.45) is 1.79. The first-order chi connectivity index (χ1) is 8.63. The zero-order valence-corrected chi connectivity index (χ0v) is 10.4. The van der Waals surface area contributed by atoms with Crippen molar-refractivity contribution in [1.29, 1.82) is 0 Å². The van der Waals surface area contributed by atoms with E-state index in [0.29, 0.717) is 17.7 Å². The fourth-order valence-electron chi connectivity index (χ4n) is 2.31. The number of aliphatic hydroxyl groups excluding tert-OH is 1. The van der Waals surface area contributed by atoms with Crippen molar-refractivity contribution in [2.45, 2.75) is 25.8 Å². The number of aliphatic hydroxyl groups is 1. The summed E-state index contributed by atoms with van der Waals surface area (Å²) in [5, 5.41) is 9.21. The highest BCUT2D eigenvalue weighted by Gasteiger charge is 2.28. The van der Waals surface area contributed by atoms with Gasteiger partial charge in [-0.1, -0.05) is 12.1 Å². The lowest BCUT2D eigenvalue weighted by Gasteiger charge is -2.23. The summed E-state index contributed by atoms with van der Waals surface area (Å²) >= 11 is 0. The summed E-state index contributed by atoms with van der Waals surface area (Å²) in [4.78, 5) is 25.1. The van der Waals surface area contributed by atoms with Crippen LogP contribution in [0.3, 0.4) is 0 Å². The van der Waals surface area contributed by atoms with Crippen LogP contribution in [0.25, 0.3) is 0 Å². The largest absolute Gasteiger partial charge is 0.394 e. The number of ketones is 1. The van der Waals surface area contributed by atoms with Crippen LogP contribution in [0.4, 0.5) is 0 Å². The van der Waals surface area contributed by atoms with E-state index in [1.165, 1.54) is 6.92 Å². The van der Waals surface area contributed by atoms with Crippen LogP contribution in [0.15, 0.2) is 24.3 Å². The highest BCUT2D eigenvalue weighted by molar-refractivity contribution is 5.97. The minimum atomic E-state index is -0.0679. The van der Waals surface area contributed by atoms with Crippen LogP contribution in [0, 0.1) is 0 Å². The molecule has 2 rings (SSSR count). The van der Waals surface area contributed by atoms with Crippen LogP contribution >= 0.6 is 0 Å². The molecule has 18 heavy (non-hydrogen) atoms. The van der Waals surface area contributed by atoms with Crippen molar-refractivity contribution in [3.63, 3.8) is 0 Å². The van der Waals surface area contributed by atoms with E-state index in [4.69, 9.17) is 0 Å². The van der Waals surface area contributed by atoms with E-state index in [0.717, 1.165) is 12.8 Å². The molecule has 1 heterocycles. The van der Waals surface area contributed by atoms with Gasteiger partial charge in [-0.05, 0) is 31.9 Å². The van der Waals surface area contributed by atoms with Gasteiger partial charge in [-0.25, -0.2) is 0 Å². The predicted molar refractivity (Wildman–Crippen MR) is 67.6 cm³/mol. The maximum Gasteiger partial charge on any atom is 0.254 e. The Hall–Kier alpha value is -1.68. The van der Waals surface area contributed by atoms with E-state index >= 15 is 0 Å². The van der Waals surface area contributed by atoms with Gasteiger partial charge in [0.1, 0.15) is 0 Å². The summed E-state index contributed by atoms with van der Waals surface area (Å²) in [5.74, 6) is -0.0786. The number of hydrogen-bond donors (Lipinski definition) is 1. The molecule has 1 amide bonds. The third-order valence-corrected chi connectivity index (χ3v) is 3.39. The van der Waals surface area contributed by atoms with E-state index in [-0.39, 0.29) is 24.3 Å². The first kappa shape index (κ1) is 12.8. The molecule has 1 atom stereocenters. The van der Waals surface area contributed by atoms with E-state index in [2.05, 4.69) is 0 Å². The Labute approximate surface area is 106 Å². The molecule has 0 bridgehead atoms. The second kappa shape index (κ2) is 5.31. The molecule has 0 unspecified atom stereocenters. The molecule has 1 fully saturated rings. The van der Waals surface area contributed by atoms with Crippen molar-refractivity contribution in [2.75, 3.05) is 13.2 Å². The highest BCUT2D eigenvalue weighted by atomic mass is 16.3. The Morgan fingerprint density at radius 1 is 1.28 bits per heavy atom. The van der Waals surface area contributed by atoms with Crippen molar-refractivity contribution in [3.05, 3.63) is 35.4 Å². The van der Waals surface area contributed by atoms with E-state index in [1.807, 2.05) is 0 Å². The molecule has 1 N–H and O–H groups in total. The van der Waals surface area contributed by atoms with Crippen molar-refractivity contribution >= 4 is 11.7 Å². The molecular weight excluding hydrogens is 230 g/mol. The molecule has 1 saturated heterocycles. The fraction of sp³-hybridized carbons (Fsp3) is 0.429. The second-order valence-corrected chi connectivity index (χ2v) is 4.61. The first-order valence-corrected chi connectivity index (χ1v) is 6.16. The van der Waals surface area contributed by atoms with Gasteiger partial charge in [0.05, 0.1) is 12.6 Å². The van der Waals surface area contributed by atoms with Crippen molar-refractivity contribution in [3.8, 4) is 0 Å². The van der Waals surface area contributed by atoms with Crippen molar-refractivity contribution in [1.82, 2.24) is 4.90 Å². The lowest BCUT2D eigenvalue weighted by molar-refractivity contribution is 0.0677. The summed E-state index contributed by atoms with van der Waals surface area (Å²) in [6.45, 7) is 2.20. The van der Waals surface area contributed by atoms with Gasteiger partial charge in [0.2, 0.25) is 0 Å². The van der Waals surface area contributed by atoms with E-state index in [9.17, 15) is 14.7 Å². The van der Waals surface area contributed by atoms with Gasteiger partial charge in [0.15, 0.2) is 5.78 Å². The lowest BCUT2D eigenvalue weighted by atomic mass is 10.1. The molecule has 0 aliphatic carbocycles. The predicted octanol–water partition coefficient (Wildman–Crippen LogP) is 1.49. The molecule has 1 aromatic rings. The highest BCUT2D eigenvalue weighted by Crippen LogP contribution is 2.20. The monoisotopic (exact) mass is 247 g/mol. The summed E-state index contributed by atoms with van der Waals surface area (Å²) in [5.41, 5.74) is 1.17. The van der Waals surface area contributed by atoms with Gasteiger partial charge in [-0.2, -0.15) is 0 Å². The Kier molecular flexibility index (Phi) is 3.77. The number of amides is 1. The van der Waals surface area contributed by atoms with Gasteiger partial charge in [0, 0.05) is 17.7 Å². The number of rotatable bonds is 3. The minimum Gasteiger partial charge on any atom is -0.394 e. The summed E-state index contributed by atoms with van der Waals surface area (Å²) < 4.78 is 0. The number of benzene rings is 1. The Balaban J connectivity index is 2.16. The molecule has 1 aliphatic heterocycles. The molecule has 0 aromatic heterocycles. The molecule has 1 aromatic carbocycles. The maximum absolute atomic E-state index is 12.2. The van der Waals surface area contributed by atoms with Crippen molar-refractivity contribution < 1.29 is 14.7 Å². The zero-order chi connectivity index (χ0) is 13.1. The lowest BCUT2D eigenvalue weighted by Crippen LogP contribution is -2.37. The second-order valence-electron chi connectivity index (χ2n) is 4.61. The van der Waals surface area contributed by atoms with Gasteiger partial charge in [0.25, 0.3) is 5.91 Å². The molecule has 4 nitrogen and oxygen atoms in total. The van der Waals surface area contributed by atoms with Crippen LogP contribution < -0.4 is 0 Å². The normalized spacial score (nSPS) is 19.0. The van der Waals surface area contributed by atoms with Gasteiger partial charge in [-0.15, -0.1) is 0 Å². The molecule has 4 heteroatoms. The average Bonchev–Trinajstić information content (AvgIpc) is 2.86. The first-order valence-electron chi connectivity index (χ1n) is 6.16. The van der Waals surface area contributed by atoms with Crippen LogP contribution in [0.1, 0.15) is 40.5 Å². The van der Waals surface area contributed by atoms with E-state index < -0.39 is 0 Å². The van der Waals surface area contributed by atoms with Gasteiger partial charge in [-0.3, -0.25) is 9.59 Å². The van der Waals surface area contributed by atoms with Crippen LogP contribution in [0.5, 0.6) is 0 Å². The molecule has 0 spiro atoms. The number of Topliss-reactive ketones (excluding diaryl/α,β-unsaturated/α-hetero) is 1. The Morgan fingerprint density at radius 3 is 2.44 bits per heavy atom. The topological polar surface area (TPSA) is 57.6 Å². The Bertz CT molecular complexity index is 453. The minimum absolute atomic E-state index is 0.0107. The molecular formula is C14H17NO3. The quantitative estimate of drug-likeness (QED) is 0.823. The number of carbonyl (C=O) groups is 2. The number of hydrogen-bond acceptors (Lipinski definition) is 3. The third-order valence-electron chi connectivity index (χ3n) is 3.39. The molecule has 0 saturated carbocycles. The van der Waals surface area contributed by atoms with Crippen LogP contribution in [-0.4, -0.2) is 40.9 Å². The van der Waals surface area contributed by atoms with Crippen LogP contribution in [-0.2, 0) is 0 Å². The fourth-order valence-corrected chi connectivity index (χ4v) is 2.31. The van der Waals surface area contributed by atoms with E-state index in [1.54, 1.807) is 29.2 Å². The molecule has 1 aliphatic rings. The zero-order valence-electron chi connectivity index (χ0n) is 10.4. The summed E-state index contributed by atoms with van der Waals surface area (Å²) in [6, 6.07) is 6.61. The number of likely N-dealkylation sites (tertiary alicyclic amines) is 1. The molecule has 0 radical (unpaired) electrons. The van der Waals surface area contributed by atoms with Gasteiger partial charge < -0.3 is 10.0 Å². The number of carbonyl (C=O) groups excluding carboxylic acids is 2. The SMILES string of the molecule is CC(=O)c1ccc(C(=O)N2CCC[C@@H]2CO)cc1.